The highest BCUT2D eigenvalue weighted by Gasteiger charge is 2.61. The fourth-order valence-electron chi connectivity index (χ4n) is 5.02. The lowest BCUT2D eigenvalue weighted by Gasteiger charge is -2.34. The molecule has 1 aliphatic heterocycles. The quantitative estimate of drug-likeness (QED) is 0.618. The fraction of sp³-hybridized carbons (Fsp3) is 0.333. The maximum Gasteiger partial charge on any atom is 0.425 e. The molecule has 1 saturated heterocycles. The molecule has 1 aliphatic carbocycles. The first kappa shape index (κ1) is 21.5. The Balaban J connectivity index is 1.73. The van der Waals surface area contributed by atoms with Gasteiger partial charge in [-0.15, -0.1) is 0 Å². The summed E-state index contributed by atoms with van der Waals surface area (Å²) in [6, 6.07) is 9.27. The lowest BCUT2D eigenvalue weighted by Crippen LogP contribution is -2.42. The summed E-state index contributed by atoms with van der Waals surface area (Å²) in [5.74, 6) is -1.33. The van der Waals surface area contributed by atoms with E-state index in [-0.39, 0.29) is 11.1 Å². The number of rotatable bonds is 3. The number of hydrogen-bond donors (Lipinski definition) is 2. The van der Waals surface area contributed by atoms with Crippen LogP contribution in [0.15, 0.2) is 48.8 Å². The highest BCUT2D eigenvalue weighted by molar-refractivity contribution is 5.94. The average molecular weight is 457 g/mol. The molecule has 2 aliphatic rings. The van der Waals surface area contributed by atoms with Crippen LogP contribution in [0.3, 0.4) is 0 Å². The maximum atomic E-state index is 14.4. The van der Waals surface area contributed by atoms with Crippen LogP contribution in [-0.4, -0.2) is 45.2 Å². The van der Waals surface area contributed by atoms with Crippen molar-refractivity contribution in [2.24, 2.45) is 13.0 Å². The van der Waals surface area contributed by atoms with Crippen molar-refractivity contribution in [3.05, 3.63) is 59.9 Å². The summed E-state index contributed by atoms with van der Waals surface area (Å²) >= 11 is 0. The number of carboxylic acid groups (broad SMARTS) is 1. The first-order valence-corrected chi connectivity index (χ1v) is 10.7. The van der Waals surface area contributed by atoms with Gasteiger partial charge in [-0.2, -0.15) is 18.3 Å². The molecule has 2 aromatic carbocycles. The van der Waals surface area contributed by atoms with Crippen LogP contribution in [0.1, 0.15) is 24.0 Å². The van der Waals surface area contributed by atoms with E-state index in [2.05, 4.69) is 5.10 Å². The predicted octanol–water partition coefficient (Wildman–Crippen LogP) is 4.17. The van der Waals surface area contributed by atoms with Crippen LogP contribution >= 0.6 is 0 Å². The normalized spacial score (nSPS) is 20.6. The third-order valence-electron chi connectivity index (χ3n) is 6.73. The molecule has 9 heteroatoms. The van der Waals surface area contributed by atoms with E-state index in [1.165, 1.54) is 18.2 Å². The minimum Gasteiger partial charge on any atom is -0.481 e. The molecule has 3 aromatic rings. The third-order valence-corrected chi connectivity index (χ3v) is 6.73. The summed E-state index contributed by atoms with van der Waals surface area (Å²) in [7, 11) is 1.73. The van der Waals surface area contributed by atoms with E-state index in [0.29, 0.717) is 53.9 Å². The summed E-state index contributed by atoms with van der Waals surface area (Å²) < 4.78 is 44.8. The molecule has 0 amide bonds. The van der Waals surface area contributed by atoms with Crippen LogP contribution in [0.4, 0.5) is 18.9 Å². The zero-order valence-electron chi connectivity index (χ0n) is 17.8. The number of aryl methyl sites for hydroxylation is 1. The van der Waals surface area contributed by atoms with Gasteiger partial charge in [0.15, 0.2) is 0 Å². The molecule has 6 nitrogen and oxygen atoms in total. The number of aliphatic hydroxyl groups is 1. The van der Waals surface area contributed by atoms with Gasteiger partial charge in [-0.25, -0.2) is 0 Å². The number of anilines is 1. The van der Waals surface area contributed by atoms with Crippen LogP contribution in [0.2, 0.25) is 0 Å². The number of hydrogen-bond acceptors (Lipinski definition) is 4. The number of piperidine rings is 1. The molecule has 33 heavy (non-hydrogen) atoms. The summed E-state index contributed by atoms with van der Waals surface area (Å²) in [5.41, 5.74) is -1.18. The molecule has 5 rings (SSSR count). The molecule has 0 saturated carbocycles. The zero-order valence-corrected chi connectivity index (χ0v) is 17.8. The van der Waals surface area contributed by atoms with Gasteiger partial charge in [-0.1, -0.05) is 24.3 Å². The van der Waals surface area contributed by atoms with Gasteiger partial charge < -0.3 is 15.1 Å². The fourth-order valence-corrected chi connectivity index (χ4v) is 5.02. The van der Waals surface area contributed by atoms with E-state index in [1.54, 1.807) is 36.3 Å². The molecule has 0 bridgehead atoms. The average Bonchev–Trinajstić information content (AvgIpc) is 3.33. The Kier molecular flexibility index (Phi) is 4.79. The Morgan fingerprint density at radius 3 is 2.42 bits per heavy atom. The lowest BCUT2D eigenvalue weighted by atomic mass is 9.88. The maximum absolute atomic E-state index is 14.4. The number of nitrogens with zero attached hydrogens (tertiary/aromatic N) is 3. The molecule has 1 atom stereocenters. The minimum atomic E-state index is -4.94. The molecule has 2 N–H and O–H groups in total. The Labute approximate surface area is 187 Å². The van der Waals surface area contributed by atoms with Gasteiger partial charge in [-0.05, 0) is 41.7 Å². The van der Waals surface area contributed by atoms with Crippen molar-refractivity contribution in [3.63, 3.8) is 0 Å². The molecule has 2 heterocycles. The first-order valence-electron chi connectivity index (χ1n) is 10.7. The zero-order chi connectivity index (χ0) is 23.5. The summed E-state index contributed by atoms with van der Waals surface area (Å²) in [6.07, 6.45) is -0.820. The van der Waals surface area contributed by atoms with Crippen LogP contribution < -0.4 is 4.90 Å². The topological polar surface area (TPSA) is 78.6 Å². The first-order chi connectivity index (χ1) is 15.6. The van der Waals surface area contributed by atoms with Crippen molar-refractivity contribution in [2.45, 2.75) is 24.6 Å². The highest BCUT2D eigenvalue weighted by Crippen LogP contribution is 2.58. The molecular formula is C24H22F3N3O3. The second kappa shape index (κ2) is 7.34. The number of benzene rings is 2. The molecule has 0 spiro atoms. The van der Waals surface area contributed by atoms with Crippen molar-refractivity contribution in [2.75, 3.05) is 18.0 Å². The standard InChI is InChI=1S/C24H22F3N3O3/c1-29-13-15(12-28-29)18-10-16(30-8-6-14(7-9-30)22(31)32)11-20-21(18)17-4-2-3-5-19(17)23(20,33)24(25,26)27/h2-5,10-14,33H,6-9H2,1H3,(H,31,32). The van der Waals surface area contributed by atoms with Crippen molar-refractivity contribution in [1.82, 2.24) is 9.78 Å². The van der Waals surface area contributed by atoms with Gasteiger partial charge in [-0.3, -0.25) is 9.48 Å². The van der Waals surface area contributed by atoms with Crippen molar-refractivity contribution < 1.29 is 28.2 Å². The molecule has 0 radical (unpaired) electrons. The summed E-state index contributed by atoms with van der Waals surface area (Å²) in [6.45, 7) is 0.805. The number of aliphatic carboxylic acids is 1. The molecule has 1 unspecified atom stereocenters. The molecule has 1 aromatic heterocycles. The van der Waals surface area contributed by atoms with E-state index in [9.17, 15) is 28.2 Å². The van der Waals surface area contributed by atoms with Gasteiger partial charge in [0.25, 0.3) is 0 Å². The van der Waals surface area contributed by atoms with Gasteiger partial charge in [0, 0.05) is 48.7 Å². The Morgan fingerprint density at radius 1 is 1.12 bits per heavy atom. The number of alkyl halides is 3. The van der Waals surface area contributed by atoms with Gasteiger partial charge in [0.05, 0.1) is 12.1 Å². The van der Waals surface area contributed by atoms with E-state index < -0.39 is 23.7 Å². The minimum absolute atomic E-state index is 0.195. The Bertz CT molecular complexity index is 1250. The monoisotopic (exact) mass is 457 g/mol. The van der Waals surface area contributed by atoms with Crippen LogP contribution in [0.25, 0.3) is 22.3 Å². The van der Waals surface area contributed by atoms with Crippen LogP contribution in [0.5, 0.6) is 0 Å². The number of fused-ring (bicyclic) bond motifs is 3. The van der Waals surface area contributed by atoms with E-state index in [4.69, 9.17) is 0 Å². The SMILES string of the molecule is Cn1cc(-c2cc(N3CCC(C(=O)O)CC3)cc3c2-c2ccccc2C3(O)C(F)(F)F)cn1. The van der Waals surface area contributed by atoms with Crippen molar-refractivity contribution in [1.29, 1.82) is 0 Å². The summed E-state index contributed by atoms with van der Waals surface area (Å²) in [4.78, 5) is 13.2. The largest absolute Gasteiger partial charge is 0.481 e. The molecule has 172 valence electrons. The van der Waals surface area contributed by atoms with E-state index >= 15 is 0 Å². The predicted molar refractivity (Wildman–Crippen MR) is 116 cm³/mol. The number of carboxylic acids is 1. The Morgan fingerprint density at radius 2 is 1.82 bits per heavy atom. The Hall–Kier alpha value is -3.33. The second-order valence-electron chi connectivity index (χ2n) is 8.67. The third kappa shape index (κ3) is 3.21. The molecular weight excluding hydrogens is 435 g/mol. The summed E-state index contributed by atoms with van der Waals surface area (Å²) in [5, 5.41) is 24.7. The number of carbonyl (C=O) groups is 1. The van der Waals surface area contributed by atoms with Gasteiger partial charge in [0.1, 0.15) is 0 Å². The molecule has 1 fully saturated rings. The van der Waals surface area contributed by atoms with E-state index in [1.807, 2.05) is 11.0 Å². The van der Waals surface area contributed by atoms with Crippen molar-refractivity contribution >= 4 is 11.7 Å². The number of aromatic nitrogens is 2. The second-order valence-corrected chi connectivity index (χ2v) is 8.67. The van der Waals surface area contributed by atoms with Gasteiger partial charge >= 0.3 is 12.1 Å². The van der Waals surface area contributed by atoms with Crippen molar-refractivity contribution in [3.8, 4) is 22.3 Å². The van der Waals surface area contributed by atoms with E-state index in [0.717, 1.165) is 0 Å². The number of halogens is 3. The van der Waals surface area contributed by atoms with Crippen LogP contribution in [-0.2, 0) is 17.4 Å². The highest BCUT2D eigenvalue weighted by atomic mass is 19.4. The van der Waals surface area contributed by atoms with Crippen LogP contribution in [0, 0.1) is 5.92 Å². The lowest BCUT2D eigenvalue weighted by molar-refractivity contribution is -0.246. The van der Waals surface area contributed by atoms with Gasteiger partial charge in [0.2, 0.25) is 5.60 Å². The smallest absolute Gasteiger partial charge is 0.425 e.